The number of anilines is 1. The van der Waals surface area contributed by atoms with Crippen LogP contribution in [0.3, 0.4) is 0 Å². The van der Waals surface area contributed by atoms with E-state index in [2.05, 4.69) is 15.5 Å². The Labute approximate surface area is 116 Å². The number of halogens is 4. The summed E-state index contributed by atoms with van der Waals surface area (Å²) in [5.41, 5.74) is 0.110. The Bertz CT molecular complexity index is 633. The van der Waals surface area contributed by atoms with Gasteiger partial charge in [0.1, 0.15) is 6.54 Å². The van der Waals surface area contributed by atoms with E-state index in [9.17, 15) is 18.0 Å². The first kappa shape index (κ1) is 14.4. The van der Waals surface area contributed by atoms with Crippen molar-refractivity contribution in [3.05, 3.63) is 29.3 Å². The molecule has 6 nitrogen and oxygen atoms in total. The smallest absolute Gasteiger partial charge is 0.318 e. The van der Waals surface area contributed by atoms with E-state index in [1.165, 1.54) is 10.9 Å². The maximum atomic E-state index is 12.2. The molecule has 1 amide bonds. The minimum Gasteiger partial charge on any atom is -0.318 e. The van der Waals surface area contributed by atoms with E-state index in [1.54, 1.807) is 7.05 Å². The van der Waals surface area contributed by atoms with Crippen LogP contribution < -0.4 is 5.32 Å². The van der Waals surface area contributed by atoms with E-state index in [0.717, 1.165) is 12.4 Å². The second-order valence-electron chi connectivity index (χ2n) is 4.00. The van der Waals surface area contributed by atoms with Crippen molar-refractivity contribution in [2.24, 2.45) is 7.05 Å². The van der Waals surface area contributed by atoms with Crippen LogP contribution in [0, 0.1) is 0 Å². The third-order valence-corrected chi connectivity index (χ3v) is 2.51. The maximum Gasteiger partial charge on any atom is 0.408 e. The molecule has 2 heterocycles. The molecule has 10 heteroatoms. The normalized spacial score (nSPS) is 11.7. The van der Waals surface area contributed by atoms with Gasteiger partial charge in [0, 0.05) is 19.4 Å². The first-order valence-corrected chi connectivity index (χ1v) is 5.72. The van der Waals surface area contributed by atoms with Crippen LogP contribution in [0.1, 0.15) is 10.5 Å². The molecule has 0 spiro atoms. The fourth-order valence-corrected chi connectivity index (χ4v) is 1.77. The fraction of sp³-hybridized carbons (Fsp3) is 0.300. The third kappa shape index (κ3) is 3.50. The van der Waals surface area contributed by atoms with Crippen LogP contribution in [-0.2, 0) is 13.6 Å². The highest BCUT2D eigenvalue weighted by atomic mass is 35.5. The Balaban J connectivity index is 2.07. The molecular weight excluding hydrogens is 299 g/mol. The molecule has 0 aromatic carbocycles. The molecule has 0 fully saturated rings. The number of rotatable bonds is 3. The molecule has 2 aromatic rings. The number of alkyl halides is 3. The Morgan fingerprint density at radius 2 is 2.15 bits per heavy atom. The van der Waals surface area contributed by atoms with Gasteiger partial charge in [-0.2, -0.15) is 23.4 Å². The molecule has 2 aromatic heterocycles. The number of aromatic nitrogens is 4. The zero-order valence-corrected chi connectivity index (χ0v) is 10.9. The Morgan fingerprint density at radius 3 is 2.70 bits per heavy atom. The molecule has 0 saturated heterocycles. The van der Waals surface area contributed by atoms with Crippen molar-refractivity contribution in [1.29, 1.82) is 0 Å². The Hall–Kier alpha value is -2.03. The van der Waals surface area contributed by atoms with Crippen molar-refractivity contribution in [2.75, 3.05) is 5.32 Å². The van der Waals surface area contributed by atoms with Crippen LogP contribution in [0.2, 0.25) is 5.02 Å². The monoisotopic (exact) mass is 307 g/mol. The summed E-state index contributed by atoms with van der Waals surface area (Å²) in [4.78, 5) is 11.8. The quantitative estimate of drug-likeness (QED) is 0.944. The highest BCUT2D eigenvalue weighted by Gasteiger charge is 2.28. The van der Waals surface area contributed by atoms with Crippen LogP contribution in [0.5, 0.6) is 0 Å². The molecule has 0 aliphatic carbocycles. The fourth-order valence-electron chi connectivity index (χ4n) is 1.50. The standard InChI is InChI=1S/C10H9ClF3N5O/c1-18-4-7(11)8(17-18)9(20)16-6-2-15-19(3-6)5-10(12,13)14/h2-4H,5H2,1H3,(H,16,20). The van der Waals surface area contributed by atoms with Gasteiger partial charge in [0.25, 0.3) is 5.91 Å². The molecule has 0 saturated carbocycles. The average Bonchev–Trinajstić information content (AvgIpc) is 2.83. The summed E-state index contributed by atoms with van der Waals surface area (Å²) in [5, 5.41) is 9.85. The molecule has 0 bridgehead atoms. The van der Waals surface area contributed by atoms with Gasteiger partial charge < -0.3 is 5.32 Å². The van der Waals surface area contributed by atoms with Gasteiger partial charge in [0.15, 0.2) is 5.69 Å². The second kappa shape index (κ2) is 5.16. The van der Waals surface area contributed by atoms with Gasteiger partial charge in [0.2, 0.25) is 0 Å². The van der Waals surface area contributed by atoms with Crippen molar-refractivity contribution in [1.82, 2.24) is 19.6 Å². The first-order valence-electron chi connectivity index (χ1n) is 5.34. The van der Waals surface area contributed by atoms with Crippen LogP contribution in [0.25, 0.3) is 0 Å². The number of carbonyl (C=O) groups is 1. The second-order valence-corrected chi connectivity index (χ2v) is 4.40. The Kier molecular flexibility index (Phi) is 3.71. The van der Waals surface area contributed by atoms with Crippen LogP contribution in [0.15, 0.2) is 18.6 Å². The topological polar surface area (TPSA) is 64.7 Å². The molecule has 20 heavy (non-hydrogen) atoms. The van der Waals surface area contributed by atoms with Gasteiger partial charge in [-0.25, -0.2) is 0 Å². The molecule has 0 aliphatic rings. The SMILES string of the molecule is Cn1cc(Cl)c(C(=O)Nc2cnn(CC(F)(F)F)c2)n1. The lowest BCUT2D eigenvalue weighted by molar-refractivity contribution is -0.142. The average molecular weight is 308 g/mol. The molecule has 0 radical (unpaired) electrons. The Morgan fingerprint density at radius 1 is 1.45 bits per heavy atom. The van der Waals surface area contributed by atoms with Crippen LogP contribution >= 0.6 is 11.6 Å². The van der Waals surface area contributed by atoms with Gasteiger partial charge in [-0.3, -0.25) is 14.2 Å². The van der Waals surface area contributed by atoms with E-state index < -0.39 is 18.6 Å². The number of amides is 1. The predicted molar refractivity (Wildman–Crippen MR) is 64.5 cm³/mol. The summed E-state index contributed by atoms with van der Waals surface area (Å²) >= 11 is 5.78. The van der Waals surface area contributed by atoms with E-state index in [1.807, 2.05) is 0 Å². The highest BCUT2D eigenvalue weighted by molar-refractivity contribution is 6.34. The lowest BCUT2D eigenvalue weighted by Crippen LogP contribution is -2.18. The lowest BCUT2D eigenvalue weighted by Gasteiger charge is -2.05. The number of carbonyl (C=O) groups excluding carboxylic acids is 1. The molecule has 0 atom stereocenters. The summed E-state index contributed by atoms with van der Waals surface area (Å²) in [6.45, 7) is -1.23. The molecule has 0 unspecified atom stereocenters. The summed E-state index contributed by atoms with van der Waals surface area (Å²) in [6.07, 6.45) is -0.760. The van der Waals surface area contributed by atoms with Crippen LogP contribution in [0.4, 0.5) is 18.9 Å². The molecule has 2 rings (SSSR count). The molecule has 0 aliphatic heterocycles. The predicted octanol–water partition coefficient (Wildman–Crippen LogP) is 2.08. The van der Waals surface area contributed by atoms with Gasteiger partial charge in [-0.05, 0) is 0 Å². The zero-order chi connectivity index (χ0) is 14.9. The van der Waals surface area contributed by atoms with Gasteiger partial charge in [-0.1, -0.05) is 11.6 Å². The summed E-state index contributed by atoms with van der Waals surface area (Å²) in [5.74, 6) is -0.623. The summed E-state index contributed by atoms with van der Waals surface area (Å²) in [7, 11) is 1.59. The summed E-state index contributed by atoms with van der Waals surface area (Å²) < 4.78 is 38.5. The van der Waals surface area contributed by atoms with Gasteiger partial charge in [0.05, 0.1) is 16.9 Å². The summed E-state index contributed by atoms with van der Waals surface area (Å²) in [6, 6.07) is 0. The highest BCUT2D eigenvalue weighted by Crippen LogP contribution is 2.19. The van der Waals surface area contributed by atoms with Crippen molar-refractivity contribution >= 4 is 23.2 Å². The van der Waals surface area contributed by atoms with E-state index in [0.29, 0.717) is 4.68 Å². The lowest BCUT2D eigenvalue weighted by atomic mass is 10.4. The van der Waals surface area contributed by atoms with Crippen molar-refractivity contribution < 1.29 is 18.0 Å². The van der Waals surface area contributed by atoms with E-state index in [4.69, 9.17) is 11.6 Å². The molecular formula is C10H9ClF3N5O. The van der Waals surface area contributed by atoms with Crippen molar-refractivity contribution in [3.63, 3.8) is 0 Å². The van der Waals surface area contributed by atoms with Gasteiger partial charge in [-0.15, -0.1) is 0 Å². The number of hydrogen-bond donors (Lipinski definition) is 1. The molecule has 1 N–H and O–H groups in total. The third-order valence-electron chi connectivity index (χ3n) is 2.23. The van der Waals surface area contributed by atoms with E-state index in [-0.39, 0.29) is 16.4 Å². The first-order chi connectivity index (χ1) is 9.24. The number of aryl methyl sites for hydroxylation is 1. The van der Waals surface area contributed by atoms with Crippen molar-refractivity contribution in [3.8, 4) is 0 Å². The van der Waals surface area contributed by atoms with E-state index >= 15 is 0 Å². The van der Waals surface area contributed by atoms with Crippen LogP contribution in [-0.4, -0.2) is 31.6 Å². The number of nitrogens with zero attached hydrogens (tertiary/aromatic N) is 4. The minimum atomic E-state index is -4.38. The molecule has 108 valence electrons. The minimum absolute atomic E-state index is 0.0160. The van der Waals surface area contributed by atoms with Gasteiger partial charge >= 0.3 is 6.18 Å². The van der Waals surface area contributed by atoms with Crippen molar-refractivity contribution in [2.45, 2.75) is 12.7 Å². The largest absolute Gasteiger partial charge is 0.408 e. The number of hydrogen-bond acceptors (Lipinski definition) is 3. The number of nitrogens with one attached hydrogen (secondary N) is 1. The zero-order valence-electron chi connectivity index (χ0n) is 10.1. The maximum absolute atomic E-state index is 12.2.